The molecular weight excluding hydrogens is 494 g/mol. The summed E-state index contributed by atoms with van der Waals surface area (Å²) < 4.78 is 45.8. The Morgan fingerprint density at radius 1 is 0.892 bits per heavy atom. The highest BCUT2D eigenvalue weighted by Crippen LogP contribution is 2.33. The third-order valence-electron chi connectivity index (χ3n) is 6.01. The van der Waals surface area contributed by atoms with Crippen molar-refractivity contribution in [3.8, 4) is 17.2 Å². The monoisotopic (exact) mass is 525 g/mol. The van der Waals surface area contributed by atoms with E-state index in [9.17, 15) is 13.2 Å². The number of nitrogens with zero attached hydrogens (tertiary/aromatic N) is 1. The van der Waals surface area contributed by atoms with Crippen LogP contribution in [-0.2, 0) is 14.8 Å². The number of methoxy groups -OCH3 is 2. The molecule has 0 spiro atoms. The highest BCUT2D eigenvalue weighted by Gasteiger charge is 2.25. The molecule has 0 bridgehead atoms. The van der Waals surface area contributed by atoms with Gasteiger partial charge in [-0.1, -0.05) is 12.1 Å². The Morgan fingerprint density at radius 3 is 2.30 bits per heavy atom. The second-order valence-electron chi connectivity index (χ2n) is 8.55. The molecule has 9 nitrogen and oxygen atoms in total. The van der Waals surface area contributed by atoms with E-state index in [0.717, 1.165) is 32.4 Å². The van der Waals surface area contributed by atoms with E-state index < -0.39 is 15.9 Å². The lowest BCUT2D eigenvalue weighted by atomic mass is 10.1. The fourth-order valence-electron chi connectivity index (χ4n) is 4.15. The molecule has 1 amide bonds. The summed E-state index contributed by atoms with van der Waals surface area (Å²) >= 11 is 0. The van der Waals surface area contributed by atoms with Crippen molar-refractivity contribution in [3.05, 3.63) is 66.7 Å². The smallest absolute Gasteiger partial charge is 0.264 e. The van der Waals surface area contributed by atoms with Crippen molar-refractivity contribution < 1.29 is 27.4 Å². The van der Waals surface area contributed by atoms with Crippen LogP contribution < -0.4 is 29.1 Å². The highest BCUT2D eigenvalue weighted by atomic mass is 32.2. The number of carbonyl (C=O) groups excluding carboxylic acids is 1. The van der Waals surface area contributed by atoms with Crippen LogP contribution in [0, 0.1) is 0 Å². The van der Waals surface area contributed by atoms with E-state index in [2.05, 4.69) is 14.9 Å². The number of piperidine rings is 1. The summed E-state index contributed by atoms with van der Waals surface area (Å²) in [7, 11) is -0.960. The number of anilines is 3. The van der Waals surface area contributed by atoms with Crippen molar-refractivity contribution in [2.24, 2.45) is 0 Å². The zero-order chi connectivity index (χ0) is 26.3. The molecule has 37 heavy (non-hydrogen) atoms. The Balaban J connectivity index is 1.56. The summed E-state index contributed by atoms with van der Waals surface area (Å²) in [6.45, 7) is 1.29. The van der Waals surface area contributed by atoms with Crippen molar-refractivity contribution in [1.82, 2.24) is 0 Å². The molecule has 4 rings (SSSR count). The van der Waals surface area contributed by atoms with E-state index in [1.54, 1.807) is 67.8 Å². The van der Waals surface area contributed by atoms with Gasteiger partial charge in [0, 0.05) is 18.8 Å². The molecule has 3 aromatic carbocycles. The average Bonchev–Trinajstić information content (AvgIpc) is 2.93. The van der Waals surface area contributed by atoms with Gasteiger partial charge in [-0.2, -0.15) is 0 Å². The quantitative estimate of drug-likeness (QED) is 0.401. The molecular formula is C27H31N3O6S. The second-order valence-corrected chi connectivity index (χ2v) is 10.2. The normalized spacial score (nSPS) is 13.5. The van der Waals surface area contributed by atoms with Gasteiger partial charge in [-0.3, -0.25) is 9.52 Å². The second kappa shape index (κ2) is 11.9. The number of benzene rings is 3. The number of sulfonamides is 1. The largest absolute Gasteiger partial charge is 0.497 e. The minimum Gasteiger partial charge on any atom is -0.497 e. The number of hydrogen-bond donors (Lipinski definition) is 2. The minimum atomic E-state index is -4.01. The van der Waals surface area contributed by atoms with Gasteiger partial charge < -0.3 is 24.4 Å². The molecule has 1 heterocycles. The van der Waals surface area contributed by atoms with Gasteiger partial charge in [0.1, 0.15) is 22.1 Å². The standard InChI is InChI=1S/C27H31N3O6S/c1-34-21-11-13-22(14-12-21)36-19-27(31)28-20-10-15-24(30-16-6-3-7-17-30)26(18-20)37(32,33)29-23-8-4-5-9-25(23)35-2/h4-5,8-15,18,29H,3,6-7,16-17,19H2,1-2H3,(H,28,31). The Morgan fingerprint density at radius 2 is 1.59 bits per heavy atom. The van der Waals surface area contributed by atoms with Gasteiger partial charge in [0.05, 0.1) is 25.6 Å². The van der Waals surface area contributed by atoms with Crippen molar-refractivity contribution >= 4 is 33.0 Å². The Labute approximate surface area is 217 Å². The van der Waals surface area contributed by atoms with Gasteiger partial charge in [-0.15, -0.1) is 0 Å². The molecule has 3 aromatic rings. The van der Waals surface area contributed by atoms with Crippen LogP contribution in [-0.4, -0.2) is 48.2 Å². The Bertz CT molecular complexity index is 1320. The lowest BCUT2D eigenvalue weighted by molar-refractivity contribution is -0.118. The van der Waals surface area contributed by atoms with Crippen molar-refractivity contribution in [3.63, 3.8) is 0 Å². The zero-order valence-electron chi connectivity index (χ0n) is 20.9. The van der Waals surface area contributed by atoms with E-state index in [1.165, 1.54) is 13.2 Å². The third-order valence-corrected chi connectivity index (χ3v) is 7.41. The number of ether oxygens (including phenoxy) is 3. The van der Waals surface area contributed by atoms with Crippen LogP contribution in [0.4, 0.5) is 17.1 Å². The van der Waals surface area contributed by atoms with Gasteiger partial charge in [0.25, 0.3) is 15.9 Å². The summed E-state index contributed by atoms with van der Waals surface area (Å²) in [5, 5.41) is 2.74. The SMILES string of the molecule is COc1ccc(OCC(=O)Nc2ccc(N3CCCCC3)c(S(=O)(=O)Nc3ccccc3OC)c2)cc1. The summed E-state index contributed by atoms with van der Waals surface area (Å²) in [6, 6.07) is 18.6. The maximum Gasteiger partial charge on any atom is 0.264 e. The van der Waals surface area contributed by atoms with Crippen molar-refractivity contribution in [2.45, 2.75) is 24.2 Å². The first-order valence-electron chi connectivity index (χ1n) is 12.0. The van der Waals surface area contributed by atoms with E-state index in [4.69, 9.17) is 14.2 Å². The van der Waals surface area contributed by atoms with Crippen molar-refractivity contribution in [2.75, 3.05) is 48.9 Å². The first kappa shape index (κ1) is 26.2. The number of carbonyl (C=O) groups is 1. The van der Waals surface area contributed by atoms with E-state index in [1.807, 2.05) is 0 Å². The first-order chi connectivity index (χ1) is 17.9. The zero-order valence-corrected chi connectivity index (χ0v) is 21.7. The van der Waals surface area contributed by atoms with Crippen LogP contribution in [0.3, 0.4) is 0 Å². The lowest BCUT2D eigenvalue weighted by Crippen LogP contribution is -2.31. The minimum absolute atomic E-state index is 0.0779. The fourth-order valence-corrected chi connectivity index (χ4v) is 5.47. The van der Waals surface area contributed by atoms with Crippen LogP contribution >= 0.6 is 0 Å². The van der Waals surface area contributed by atoms with E-state index in [0.29, 0.717) is 34.3 Å². The Kier molecular flexibility index (Phi) is 8.39. The number of para-hydroxylation sites is 2. The summed E-state index contributed by atoms with van der Waals surface area (Å²) in [5.74, 6) is 1.19. The van der Waals surface area contributed by atoms with E-state index >= 15 is 0 Å². The van der Waals surface area contributed by atoms with Crippen molar-refractivity contribution in [1.29, 1.82) is 0 Å². The van der Waals surface area contributed by atoms with Crippen LogP contribution in [0.2, 0.25) is 0 Å². The fraction of sp³-hybridized carbons (Fsp3) is 0.296. The Hall–Kier alpha value is -3.92. The molecule has 0 unspecified atom stereocenters. The summed E-state index contributed by atoms with van der Waals surface area (Å²) in [5.41, 5.74) is 1.27. The first-order valence-corrected chi connectivity index (χ1v) is 13.5. The molecule has 10 heteroatoms. The topological polar surface area (TPSA) is 106 Å². The van der Waals surface area contributed by atoms with Gasteiger partial charge in [0.15, 0.2) is 6.61 Å². The molecule has 0 aliphatic carbocycles. The van der Waals surface area contributed by atoms with Crippen LogP contribution in [0.5, 0.6) is 17.2 Å². The van der Waals surface area contributed by atoms with Gasteiger partial charge >= 0.3 is 0 Å². The van der Waals surface area contributed by atoms with E-state index in [-0.39, 0.29) is 11.5 Å². The van der Waals surface area contributed by atoms with Crippen LogP contribution in [0.1, 0.15) is 19.3 Å². The van der Waals surface area contributed by atoms with Gasteiger partial charge in [-0.25, -0.2) is 8.42 Å². The number of amides is 1. The molecule has 1 saturated heterocycles. The molecule has 1 fully saturated rings. The lowest BCUT2D eigenvalue weighted by Gasteiger charge is -2.30. The maximum absolute atomic E-state index is 13.6. The number of rotatable bonds is 10. The predicted octanol–water partition coefficient (Wildman–Crippen LogP) is 4.51. The molecule has 0 aromatic heterocycles. The van der Waals surface area contributed by atoms with Crippen LogP contribution in [0.15, 0.2) is 71.6 Å². The molecule has 1 aliphatic rings. The number of hydrogen-bond acceptors (Lipinski definition) is 7. The summed E-state index contributed by atoms with van der Waals surface area (Å²) in [4.78, 5) is 14.7. The molecule has 1 aliphatic heterocycles. The third kappa shape index (κ3) is 6.65. The van der Waals surface area contributed by atoms with Gasteiger partial charge in [-0.05, 0) is 73.9 Å². The van der Waals surface area contributed by atoms with Gasteiger partial charge in [0.2, 0.25) is 0 Å². The van der Waals surface area contributed by atoms with Crippen LogP contribution in [0.25, 0.3) is 0 Å². The summed E-state index contributed by atoms with van der Waals surface area (Å²) in [6.07, 6.45) is 3.08. The number of nitrogens with one attached hydrogen (secondary N) is 2. The molecule has 2 N–H and O–H groups in total. The maximum atomic E-state index is 13.6. The highest BCUT2D eigenvalue weighted by molar-refractivity contribution is 7.93. The molecule has 0 atom stereocenters. The average molecular weight is 526 g/mol. The predicted molar refractivity (Wildman–Crippen MR) is 143 cm³/mol. The molecule has 0 radical (unpaired) electrons. The molecule has 0 saturated carbocycles. The molecule has 196 valence electrons.